The molecular weight excluding hydrogens is 336 g/mol. The van der Waals surface area contributed by atoms with E-state index in [1.807, 2.05) is 19.1 Å². The lowest BCUT2D eigenvalue weighted by Crippen LogP contribution is -2.20. The van der Waals surface area contributed by atoms with Gasteiger partial charge in [-0.2, -0.15) is 0 Å². The van der Waals surface area contributed by atoms with Crippen LogP contribution in [0.25, 0.3) is 0 Å². The molecule has 0 saturated carbocycles. The molecule has 0 bridgehead atoms. The zero-order valence-corrected chi connectivity index (χ0v) is 13.7. The maximum absolute atomic E-state index is 11.0. The molecule has 0 saturated heterocycles. The van der Waals surface area contributed by atoms with E-state index in [2.05, 4.69) is 15.9 Å². The van der Waals surface area contributed by atoms with Gasteiger partial charge in [-0.3, -0.25) is 4.79 Å². The van der Waals surface area contributed by atoms with Gasteiger partial charge in [0.2, 0.25) is 5.91 Å². The lowest BCUT2D eigenvalue weighted by molar-refractivity contribution is -0.118. The molecule has 1 aliphatic heterocycles. The standard InChI is InChI=1S/C15H21BrN2O3/c1-9(6-15(18)19)5-12(17)10-7-13-14(8-11(10)16)21-4-2-3-20-13/h7-9,12H,2-6,17H2,1H3,(H2,18,19). The predicted molar refractivity (Wildman–Crippen MR) is 84.3 cm³/mol. The summed E-state index contributed by atoms with van der Waals surface area (Å²) in [6.45, 7) is 3.27. The zero-order valence-electron chi connectivity index (χ0n) is 12.1. The van der Waals surface area contributed by atoms with Crippen molar-refractivity contribution >= 4 is 21.8 Å². The van der Waals surface area contributed by atoms with Gasteiger partial charge in [-0.15, -0.1) is 0 Å². The van der Waals surface area contributed by atoms with Crippen LogP contribution in [-0.2, 0) is 4.79 Å². The Morgan fingerprint density at radius 1 is 1.33 bits per heavy atom. The summed E-state index contributed by atoms with van der Waals surface area (Å²) in [5, 5.41) is 0. The number of benzene rings is 1. The largest absolute Gasteiger partial charge is 0.490 e. The van der Waals surface area contributed by atoms with Gasteiger partial charge in [0.25, 0.3) is 0 Å². The van der Waals surface area contributed by atoms with Gasteiger partial charge >= 0.3 is 0 Å². The number of hydrogen-bond acceptors (Lipinski definition) is 4. The SMILES string of the molecule is CC(CC(N)=O)CC(N)c1cc2c(cc1Br)OCCCO2. The number of fused-ring (bicyclic) bond motifs is 1. The quantitative estimate of drug-likeness (QED) is 0.848. The van der Waals surface area contributed by atoms with E-state index in [9.17, 15) is 4.79 Å². The molecule has 2 unspecified atom stereocenters. The zero-order chi connectivity index (χ0) is 15.4. The van der Waals surface area contributed by atoms with Crippen LogP contribution in [0.4, 0.5) is 0 Å². The van der Waals surface area contributed by atoms with Crippen molar-refractivity contribution < 1.29 is 14.3 Å². The Morgan fingerprint density at radius 2 is 1.95 bits per heavy atom. The third kappa shape index (κ3) is 4.35. The number of nitrogens with two attached hydrogens (primary N) is 2. The first kappa shape index (κ1) is 16.1. The minimum absolute atomic E-state index is 0.139. The fourth-order valence-corrected chi connectivity index (χ4v) is 3.09. The molecule has 2 rings (SSSR count). The van der Waals surface area contributed by atoms with Crippen LogP contribution in [0.1, 0.15) is 37.8 Å². The number of carbonyl (C=O) groups is 1. The minimum Gasteiger partial charge on any atom is -0.490 e. The first-order valence-corrected chi connectivity index (χ1v) is 7.89. The third-order valence-corrected chi connectivity index (χ3v) is 4.16. The van der Waals surface area contributed by atoms with Crippen LogP contribution in [0.2, 0.25) is 0 Å². The van der Waals surface area contributed by atoms with Crippen molar-refractivity contribution in [1.82, 2.24) is 0 Å². The topological polar surface area (TPSA) is 87.6 Å². The van der Waals surface area contributed by atoms with Crippen molar-refractivity contribution in [3.63, 3.8) is 0 Å². The molecule has 0 fully saturated rings. The molecule has 4 N–H and O–H groups in total. The second-order valence-electron chi connectivity index (χ2n) is 5.49. The number of rotatable bonds is 5. The van der Waals surface area contributed by atoms with E-state index in [1.54, 1.807) is 0 Å². The van der Waals surface area contributed by atoms with E-state index >= 15 is 0 Å². The first-order valence-electron chi connectivity index (χ1n) is 7.10. The molecule has 0 spiro atoms. The average molecular weight is 357 g/mol. The average Bonchev–Trinajstić information content (AvgIpc) is 2.61. The molecule has 1 aromatic carbocycles. The van der Waals surface area contributed by atoms with Crippen molar-refractivity contribution in [3.05, 3.63) is 22.2 Å². The molecule has 5 nitrogen and oxygen atoms in total. The fraction of sp³-hybridized carbons (Fsp3) is 0.533. The molecule has 0 radical (unpaired) electrons. The second kappa shape index (κ2) is 7.13. The van der Waals surface area contributed by atoms with Gasteiger partial charge < -0.3 is 20.9 Å². The van der Waals surface area contributed by atoms with Gasteiger partial charge in [-0.1, -0.05) is 22.9 Å². The highest BCUT2D eigenvalue weighted by Crippen LogP contribution is 2.38. The molecule has 1 amide bonds. The van der Waals surface area contributed by atoms with Gasteiger partial charge in [0, 0.05) is 23.4 Å². The van der Waals surface area contributed by atoms with Crippen molar-refractivity contribution in [1.29, 1.82) is 0 Å². The number of primary amides is 1. The lowest BCUT2D eigenvalue weighted by Gasteiger charge is -2.19. The summed E-state index contributed by atoms with van der Waals surface area (Å²) in [4.78, 5) is 11.0. The van der Waals surface area contributed by atoms with Gasteiger partial charge in [-0.05, 0) is 30.0 Å². The van der Waals surface area contributed by atoms with Crippen LogP contribution in [0, 0.1) is 5.92 Å². The molecule has 1 aromatic rings. The first-order chi connectivity index (χ1) is 9.97. The van der Waals surface area contributed by atoms with Crippen molar-refractivity contribution in [2.24, 2.45) is 17.4 Å². The van der Waals surface area contributed by atoms with E-state index < -0.39 is 0 Å². The van der Waals surface area contributed by atoms with Gasteiger partial charge in [0.1, 0.15) is 0 Å². The van der Waals surface area contributed by atoms with Gasteiger partial charge in [0.05, 0.1) is 13.2 Å². The Labute approximate surface area is 133 Å². The highest BCUT2D eigenvalue weighted by molar-refractivity contribution is 9.10. The normalized spacial score (nSPS) is 16.9. The van der Waals surface area contributed by atoms with Gasteiger partial charge in [0.15, 0.2) is 11.5 Å². The van der Waals surface area contributed by atoms with Gasteiger partial charge in [-0.25, -0.2) is 0 Å². The summed E-state index contributed by atoms with van der Waals surface area (Å²) in [7, 11) is 0. The fourth-order valence-electron chi connectivity index (χ4n) is 2.47. The second-order valence-corrected chi connectivity index (χ2v) is 6.34. The highest BCUT2D eigenvalue weighted by atomic mass is 79.9. The van der Waals surface area contributed by atoms with Crippen LogP contribution in [-0.4, -0.2) is 19.1 Å². The summed E-state index contributed by atoms with van der Waals surface area (Å²) in [5.41, 5.74) is 12.4. The minimum atomic E-state index is -0.299. The lowest BCUT2D eigenvalue weighted by atomic mass is 9.94. The van der Waals surface area contributed by atoms with Crippen LogP contribution < -0.4 is 20.9 Å². The van der Waals surface area contributed by atoms with Crippen molar-refractivity contribution in [3.8, 4) is 11.5 Å². The summed E-state index contributed by atoms with van der Waals surface area (Å²) in [6.07, 6.45) is 1.89. The molecule has 1 heterocycles. The molecule has 0 aliphatic carbocycles. The Balaban J connectivity index is 2.15. The summed E-state index contributed by atoms with van der Waals surface area (Å²) < 4.78 is 12.2. The monoisotopic (exact) mass is 356 g/mol. The Kier molecular flexibility index (Phi) is 5.47. The van der Waals surface area contributed by atoms with Crippen molar-refractivity contribution in [2.45, 2.75) is 32.2 Å². The summed E-state index contributed by atoms with van der Waals surface area (Å²) in [5.74, 6) is 1.30. The third-order valence-electron chi connectivity index (χ3n) is 3.47. The van der Waals surface area contributed by atoms with Crippen LogP contribution in [0.3, 0.4) is 0 Å². The Hall–Kier alpha value is -1.27. The van der Waals surface area contributed by atoms with E-state index in [-0.39, 0.29) is 17.9 Å². The summed E-state index contributed by atoms with van der Waals surface area (Å²) >= 11 is 3.54. The maximum atomic E-state index is 11.0. The van der Waals surface area contributed by atoms with E-state index in [1.165, 1.54) is 0 Å². The number of halogens is 1. The number of carbonyl (C=O) groups excluding carboxylic acids is 1. The van der Waals surface area contributed by atoms with E-state index in [0.29, 0.717) is 26.1 Å². The maximum Gasteiger partial charge on any atom is 0.217 e. The Morgan fingerprint density at radius 3 is 2.57 bits per heavy atom. The van der Waals surface area contributed by atoms with Crippen molar-refractivity contribution in [2.75, 3.05) is 13.2 Å². The molecule has 116 valence electrons. The molecule has 6 heteroatoms. The predicted octanol–water partition coefficient (Wildman–Crippen LogP) is 2.51. The number of ether oxygens (including phenoxy) is 2. The molecule has 21 heavy (non-hydrogen) atoms. The molecule has 1 aliphatic rings. The van der Waals surface area contributed by atoms with E-state index in [0.717, 1.165) is 28.0 Å². The molecule has 0 aromatic heterocycles. The molecular formula is C15H21BrN2O3. The number of hydrogen-bond donors (Lipinski definition) is 2. The van der Waals surface area contributed by atoms with Crippen LogP contribution in [0.15, 0.2) is 16.6 Å². The molecule has 2 atom stereocenters. The smallest absolute Gasteiger partial charge is 0.217 e. The highest BCUT2D eigenvalue weighted by Gasteiger charge is 2.19. The Bertz CT molecular complexity index is 522. The van der Waals surface area contributed by atoms with Crippen LogP contribution >= 0.6 is 15.9 Å². The summed E-state index contributed by atoms with van der Waals surface area (Å²) in [6, 6.07) is 3.63. The van der Waals surface area contributed by atoms with Crippen LogP contribution in [0.5, 0.6) is 11.5 Å². The number of amides is 1. The van der Waals surface area contributed by atoms with E-state index in [4.69, 9.17) is 20.9 Å².